The number of hydrogen-bond donors (Lipinski definition) is 2. The average molecular weight is 500 g/mol. The molecule has 0 unspecified atom stereocenters. The van der Waals surface area contributed by atoms with Crippen molar-refractivity contribution < 1.29 is 18.8 Å². The molecule has 37 heavy (non-hydrogen) atoms. The minimum absolute atomic E-state index is 0.134. The Hall–Kier alpha value is -4.99. The molecule has 0 aliphatic carbocycles. The van der Waals surface area contributed by atoms with Crippen LogP contribution in [0.3, 0.4) is 0 Å². The van der Waals surface area contributed by atoms with Gasteiger partial charge in [0, 0.05) is 24.9 Å². The van der Waals surface area contributed by atoms with Crippen LogP contribution in [-0.4, -0.2) is 22.5 Å². The maximum Gasteiger partial charge on any atom is 0.310 e. The second kappa shape index (κ2) is 9.57. The van der Waals surface area contributed by atoms with Crippen LogP contribution in [0.1, 0.15) is 15.9 Å². The molecule has 1 amide bonds. The molecule has 2 heterocycles. The summed E-state index contributed by atoms with van der Waals surface area (Å²) in [6, 6.07) is 17.7. The molecule has 0 fully saturated rings. The van der Waals surface area contributed by atoms with Crippen molar-refractivity contribution in [1.29, 1.82) is 0 Å². The van der Waals surface area contributed by atoms with E-state index in [4.69, 9.17) is 4.74 Å². The highest BCUT2D eigenvalue weighted by Gasteiger charge is 2.21. The highest BCUT2D eigenvalue weighted by molar-refractivity contribution is 6.12. The van der Waals surface area contributed by atoms with E-state index in [1.807, 2.05) is 18.2 Å². The predicted octanol–water partition coefficient (Wildman–Crippen LogP) is 5.12. The fraction of sp³-hybridized carbons (Fsp3) is 0.111. The molecular formula is C27H21FN4O5. The molecule has 3 aromatic carbocycles. The summed E-state index contributed by atoms with van der Waals surface area (Å²) in [5.41, 5.74) is 4.13. The highest BCUT2D eigenvalue weighted by atomic mass is 19.1. The van der Waals surface area contributed by atoms with E-state index in [1.54, 1.807) is 30.3 Å². The van der Waals surface area contributed by atoms with Crippen LogP contribution in [0.25, 0.3) is 11.1 Å². The largest absolute Gasteiger partial charge is 0.490 e. The van der Waals surface area contributed by atoms with Gasteiger partial charge >= 0.3 is 5.69 Å². The van der Waals surface area contributed by atoms with Crippen LogP contribution in [0.2, 0.25) is 0 Å². The molecule has 0 saturated heterocycles. The lowest BCUT2D eigenvalue weighted by molar-refractivity contribution is -0.385. The highest BCUT2D eigenvalue weighted by Crippen LogP contribution is 2.37. The van der Waals surface area contributed by atoms with Crippen molar-refractivity contribution in [3.8, 4) is 16.9 Å². The number of nitrogens with zero attached hydrogens (tertiary/aromatic N) is 2. The van der Waals surface area contributed by atoms with Crippen molar-refractivity contribution in [1.82, 2.24) is 4.57 Å². The number of nitrogens with one attached hydrogen (secondary N) is 2. The minimum atomic E-state index is -0.507. The van der Waals surface area contributed by atoms with Gasteiger partial charge in [0.05, 0.1) is 34.7 Å². The lowest BCUT2D eigenvalue weighted by atomic mass is 10.0. The Morgan fingerprint density at radius 1 is 0.919 bits per heavy atom. The molecule has 5 rings (SSSR count). The van der Waals surface area contributed by atoms with E-state index < -0.39 is 10.7 Å². The molecule has 1 aromatic heterocycles. The summed E-state index contributed by atoms with van der Waals surface area (Å²) in [6.45, 7) is 0.291. The van der Waals surface area contributed by atoms with E-state index in [0.717, 1.165) is 17.2 Å². The van der Waals surface area contributed by atoms with Crippen molar-refractivity contribution in [2.45, 2.75) is 13.0 Å². The molecule has 0 saturated carbocycles. The molecule has 2 N–H and O–H groups in total. The second-order valence-corrected chi connectivity index (χ2v) is 8.49. The molecule has 186 valence electrons. The summed E-state index contributed by atoms with van der Waals surface area (Å²) in [4.78, 5) is 35.6. The van der Waals surface area contributed by atoms with Crippen LogP contribution in [0.15, 0.2) is 77.7 Å². The van der Waals surface area contributed by atoms with Gasteiger partial charge in [0.25, 0.3) is 11.5 Å². The number of carbonyl (C=O) groups excluding carboxylic acids is 1. The summed E-state index contributed by atoms with van der Waals surface area (Å²) in [7, 11) is 1.37. The topological polar surface area (TPSA) is 116 Å². The number of aryl methyl sites for hydroxylation is 2. The van der Waals surface area contributed by atoms with Crippen molar-refractivity contribution >= 4 is 28.7 Å². The van der Waals surface area contributed by atoms with Gasteiger partial charge in [0.1, 0.15) is 5.82 Å². The molecule has 1 aliphatic heterocycles. The number of rotatable bonds is 6. The van der Waals surface area contributed by atoms with Gasteiger partial charge in [-0.3, -0.25) is 19.7 Å². The molecule has 0 atom stereocenters. The molecule has 10 heteroatoms. The fourth-order valence-corrected chi connectivity index (χ4v) is 4.25. The first-order valence-corrected chi connectivity index (χ1v) is 11.4. The summed E-state index contributed by atoms with van der Waals surface area (Å²) >= 11 is 0. The first kappa shape index (κ1) is 23.7. The Morgan fingerprint density at radius 3 is 2.49 bits per heavy atom. The number of ether oxygens (including phenoxy) is 1. The SMILES string of the molecule is COc1cc(-c2ccc3c(c2)Nc2ccc(CCn4cc(F)ccc4=O)cc2NC3=O)ccc1[N+](=O)[O-]. The van der Waals surface area contributed by atoms with Gasteiger partial charge in [-0.15, -0.1) is 0 Å². The van der Waals surface area contributed by atoms with Crippen molar-refractivity contribution in [3.63, 3.8) is 0 Å². The number of nitro benzene ring substituents is 1. The molecule has 4 aromatic rings. The number of aromatic nitrogens is 1. The zero-order valence-corrected chi connectivity index (χ0v) is 19.7. The predicted molar refractivity (Wildman–Crippen MR) is 137 cm³/mol. The van der Waals surface area contributed by atoms with Crippen LogP contribution in [-0.2, 0) is 13.0 Å². The van der Waals surface area contributed by atoms with Gasteiger partial charge in [-0.1, -0.05) is 12.1 Å². The maximum atomic E-state index is 13.5. The van der Waals surface area contributed by atoms with Gasteiger partial charge in [-0.25, -0.2) is 4.39 Å². The Kier molecular flexibility index (Phi) is 6.14. The van der Waals surface area contributed by atoms with Crippen LogP contribution in [0.4, 0.5) is 27.1 Å². The van der Waals surface area contributed by atoms with Crippen LogP contribution >= 0.6 is 0 Å². The third-order valence-electron chi connectivity index (χ3n) is 6.16. The Bertz CT molecular complexity index is 1620. The van der Waals surface area contributed by atoms with Crippen LogP contribution in [0.5, 0.6) is 5.75 Å². The van der Waals surface area contributed by atoms with Crippen molar-refractivity contribution in [3.05, 3.63) is 110 Å². The van der Waals surface area contributed by atoms with Gasteiger partial charge in [0.15, 0.2) is 5.75 Å². The number of anilines is 3. The number of pyridine rings is 1. The number of methoxy groups -OCH3 is 1. The third kappa shape index (κ3) is 4.76. The molecule has 0 radical (unpaired) electrons. The van der Waals surface area contributed by atoms with E-state index in [1.165, 1.54) is 30.0 Å². The zero-order chi connectivity index (χ0) is 26.1. The van der Waals surface area contributed by atoms with Crippen LogP contribution < -0.4 is 20.9 Å². The monoisotopic (exact) mass is 500 g/mol. The lowest BCUT2D eigenvalue weighted by Crippen LogP contribution is -2.20. The Morgan fingerprint density at radius 2 is 1.70 bits per heavy atom. The van der Waals surface area contributed by atoms with E-state index in [0.29, 0.717) is 41.2 Å². The number of amides is 1. The molecule has 0 bridgehead atoms. The lowest BCUT2D eigenvalue weighted by Gasteiger charge is -2.12. The van der Waals surface area contributed by atoms with Crippen molar-refractivity contribution in [2.24, 2.45) is 0 Å². The van der Waals surface area contributed by atoms with E-state index >= 15 is 0 Å². The van der Waals surface area contributed by atoms with Gasteiger partial charge in [-0.2, -0.15) is 0 Å². The Labute approximate surface area is 210 Å². The average Bonchev–Trinajstić information content (AvgIpc) is 3.03. The van der Waals surface area contributed by atoms with E-state index in [9.17, 15) is 24.1 Å². The first-order valence-electron chi connectivity index (χ1n) is 11.4. The number of fused-ring (bicyclic) bond motifs is 2. The zero-order valence-electron chi connectivity index (χ0n) is 19.7. The standard InChI is InChI=1S/C27H21FN4O5/c1-37-25-14-18(4-8-24(25)32(35)36)17-3-6-20-22(13-17)29-21-7-2-16(12-23(21)30-27(20)34)10-11-31-15-19(28)5-9-26(31)33/h2-9,12-15,29H,10-11H2,1H3,(H,30,34). The van der Waals surface area contributed by atoms with Crippen LogP contribution in [0, 0.1) is 15.9 Å². The molecule has 0 spiro atoms. The number of nitro groups is 1. The number of hydrogen-bond acceptors (Lipinski definition) is 6. The molecular weight excluding hydrogens is 479 g/mol. The summed E-state index contributed by atoms with van der Waals surface area (Å²) in [6.07, 6.45) is 1.63. The number of carbonyl (C=O) groups is 1. The van der Waals surface area contributed by atoms with Gasteiger partial charge in [-0.05, 0) is 65.6 Å². The molecule has 1 aliphatic rings. The Balaban J connectivity index is 1.42. The van der Waals surface area contributed by atoms with Crippen molar-refractivity contribution in [2.75, 3.05) is 17.7 Å². The van der Waals surface area contributed by atoms with Gasteiger partial charge in [0.2, 0.25) is 0 Å². The normalized spacial score (nSPS) is 12.0. The molecule has 9 nitrogen and oxygen atoms in total. The number of halogens is 1. The van der Waals surface area contributed by atoms with E-state index in [-0.39, 0.29) is 22.9 Å². The quantitative estimate of drug-likeness (QED) is 0.280. The minimum Gasteiger partial charge on any atom is -0.490 e. The summed E-state index contributed by atoms with van der Waals surface area (Å²) in [5, 5.41) is 17.4. The van der Waals surface area contributed by atoms with E-state index in [2.05, 4.69) is 10.6 Å². The number of benzene rings is 3. The third-order valence-corrected chi connectivity index (χ3v) is 6.16. The summed E-state index contributed by atoms with van der Waals surface area (Å²) in [5.74, 6) is -0.642. The van der Waals surface area contributed by atoms with Gasteiger partial charge < -0.3 is 19.9 Å². The maximum absolute atomic E-state index is 13.5. The summed E-state index contributed by atoms with van der Waals surface area (Å²) < 4.78 is 20.0. The second-order valence-electron chi connectivity index (χ2n) is 8.49. The first-order chi connectivity index (χ1) is 17.8. The smallest absolute Gasteiger partial charge is 0.310 e. The fourth-order valence-electron chi connectivity index (χ4n) is 4.25.